The lowest BCUT2D eigenvalue weighted by Crippen LogP contribution is -2.16. The average Bonchev–Trinajstić information content (AvgIpc) is 3.06. The van der Waals surface area contributed by atoms with Gasteiger partial charge >= 0.3 is 5.97 Å². The van der Waals surface area contributed by atoms with Crippen molar-refractivity contribution < 1.29 is 23.8 Å². The summed E-state index contributed by atoms with van der Waals surface area (Å²) in [5.41, 5.74) is 1.13. The van der Waals surface area contributed by atoms with Crippen LogP contribution >= 0.6 is 11.3 Å². The molecule has 0 radical (unpaired) electrons. The molecule has 1 aromatic heterocycles. The maximum absolute atomic E-state index is 12.6. The topological polar surface area (TPSA) is 86.8 Å². The quantitative estimate of drug-likeness (QED) is 0.713. The number of nitrogens with one attached hydrogen (secondary N) is 1. The molecule has 1 aliphatic rings. The van der Waals surface area contributed by atoms with Crippen molar-refractivity contribution in [1.29, 1.82) is 0 Å². The minimum Gasteiger partial charge on any atom is -0.486 e. The smallest absolute Gasteiger partial charge is 0.338 e. The first kappa shape index (κ1) is 16.3. The van der Waals surface area contributed by atoms with Gasteiger partial charge in [-0.05, 0) is 12.1 Å². The summed E-state index contributed by atoms with van der Waals surface area (Å²) in [6, 6.07) is 10.1. The largest absolute Gasteiger partial charge is 0.486 e. The first-order chi connectivity index (χ1) is 12.7. The third-order valence-corrected chi connectivity index (χ3v) is 4.78. The summed E-state index contributed by atoms with van der Waals surface area (Å²) in [4.78, 5) is 28.8. The van der Waals surface area contributed by atoms with Crippen LogP contribution < -0.4 is 14.8 Å². The Kier molecular flexibility index (Phi) is 4.18. The standard InChI is InChI=1S/C18H14N2O5S/c1-23-17(22)11-5-3-2-4-10(11)16(21)20-18-19-12-8-13-14(9-15(12)26-18)25-7-6-24-13/h2-5,8-9H,6-7H2,1H3,(H,19,20,21). The van der Waals surface area contributed by atoms with Crippen molar-refractivity contribution in [2.75, 3.05) is 25.6 Å². The van der Waals surface area contributed by atoms with Gasteiger partial charge in [-0.1, -0.05) is 23.5 Å². The van der Waals surface area contributed by atoms with Gasteiger partial charge in [0.05, 0.1) is 28.5 Å². The number of hydrogen-bond acceptors (Lipinski definition) is 7. The number of aromatic nitrogens is 1. The lowest BCUT2D eigenvalue weighted by atomic mass is 10.1. The van der Waals surface area contributed by atoms with Crippen molar-refractivity contribution in [1.82, 2.24) is 4.98 Å². The van der Waals surface area contributed by atoms with Crippen molar-refractivity contribution in [2.45, 2.75) is 0 Å². The summed E-state index contributed by atoms with van der Waals surface area (Å²) in [7, 11) is 1.27. The SMILES string of the molecule is COC(=O)c1ccccc1C(=O)Nc1nc2cc3c(cc2s1)OCCO3. The van der Waals surface area contributed by atoms with E-state index in [0.717, 1.165) is 4.70 Å². The lowest BCUT2D eigenvalue weighted by Gasteiger charge is -2.17. The molecule has 0 bridgehead atoms. The lowest BCUT2D eigenvalue weighted by molar-refractivity contribution is 0.0597. The number of methoxy groups -OCH3 is 1. The highest BCUT2D eigenvalue weighted by atomic mass is 32.1. The molecule has 2 aromatic carbocycles. The molecule has 1 amide bonds. The van der Waals surface area contributed by atoms with Crippen LogP contribution in [0.5, 0.6) is 11.5 Å². The number of benzene rings is 2. The Balaban J connectivity index is 1.63. The zero-order valence-corrected chi connectivity index (χ0v) is 14.6. The van der Waals surface area contributed by atoms with E-state index in [1.165, 1.54) is 18.4 Å². The fourth-order valence-electron chi connectivity index (χ4n) is 2.65. The number of nitrogens with zero attached hydrogens (tertiary/aromatic N) is 1. The zero-order chi connectivity index (χ0) is 18.1. The summed E-state index contributed by atoms with van der Waals surface area (Å²) in [6.07, 6.45) is 0. The van der Waals surface area contributed by atoms with Gasteiger partial charge in [-0.2, -0.15) is 0 Å². The Labute approximate surface area is 152 Å². The molecule has 8 heteroatoms. The molecular weight excluding hydrogens is 356 g/mol. The van der Waals surface area contributed by atoms with Crippen molar-refractivity contribution in [3.8, 4) is 11.5 Å². The number of carbonyl (C=O) groups excluding carboxylic acids is 2. The van der Waals surface area contributed by atoms with Gasteiger partial charge in [0.1, 0.15) is 13.2 Å². The molecular formula is C18H14N2O5S. The van der Waals surface area contributed by atoms with Gasteiger partial charge in [0.25, 0.3) is 5.91 Å². The molecule has 0 fully saturated rings. The van der Waals surface area contributed by atoms with Gasteiger partial charge in [-0.3, -0.25) is 10.1 Å². The number of fused-ring (bicyclic) bond motifs is 2. The summed E-state index contributed by atoms with van der Waals surface area (Å²) in [5, 5.41) is 3.16. The molecule has 0 saturated heterocycles. The molecule has 26 heavy (non-hydrogen) atoms. The number of anilines is 1. The van der Waals surface area contributed by atoms with Crippen LogP contribution in [0.15, 0.2) is 36.4 Å². The fourth-order valence-corrected chi connectivity index (χ4v) is 3.52. The number of hydrogen-bond donors (Lipinski definition) is 1. The second kappa shape index (κ2) is 6.64. The number of thiazole rings is 1. The van der Waals surface area contributed by atoms with Crippen LogP contribution in [-0.4, -0.2) is 37.2 Å². The summed E-state index contributed by atoms with van der Waals surface area (Å²) in [5.74, 6) is 0.314. The molecule has 1 aliphatic heterocycles. The molecule has 132 valence electrons. The van der Waals surface area contributed by atoms with Gasteiger partial charge in [0, 0.05) is 12.1 Å². The second-order valence-corrected chi connectivity index (χ2v) is 6.50. The second-order valence-electron chi connectivity index (χ2n) is 5.47. The predicted molar refractivity (Wildman–Crippen MR) is 96.3 cm³/mol. The molecule has 0 saturated carbocycles. The summed E-state index contributed by atoms with van der Waals surface area (Å²) < 4.78 is 16.7. The highest BCUT2D eigenvalue weighted by Gasteiger charge is 2.19. The van der Waals surface area contributed by atoms with E-state index in [0.29, 0.717) is 35.4 Å². The number of carbonyl (C=O) groups is 2. The molecule has 0 spiro atoms. The number of amides is 1. The highest BCUT2D eigenvalue weighted by molar-refractivity contribution is 7.22. The Morgan fingerprint density at radius 1 is 1.12 bits per heavy atom. The van der Waals surface area contributed by atoms with Crippen molar-refractivity contribution in [2.24, 2.45) is 0 Å². The first-order valence-electron chi connectivity index (χ1n) is 7.84. The predicted octanol–water partition coefficient (Wildman–Crippen LogP) is 3.11. The monoisotopic (exact) mass is 370 g/mol. The third-order valence-electron chi connectivity index (χ3n) is 3.85. The molecule has 0 aliphatic carbocycles. The van der Waals surface area contributed by atoms with Crippen LogP contribution in [-0.2, 0) is 4.74 Å². The van der Waals surface area contributed by atoms with Crippen molar-refractivity contribution >= 4 is 38.6 Å². The number of esters is 1. The van der Waals surface area contributed by atoms with Crippen LogP contribution in [0.2, 0.25) is 0 Å². The van der Waals surface area contributed by atoms with Crippen LogP contribution in [0.1, 0.15) is 20.7 Å². The molecule has 0 unspecified atom stereocenters. The van der Waals surface area contributed by atoms with E-state index in [1.807, 2.05) is 6.07 Å². The molecule has 4 rings (SSSR count). The maximum Gasteiger partial charge on any atom is 0.338 e. The van der Waals surface area contributed by atoms with E-state index in [1.54, 1.807) is 30.3 Å². The summed E-state index contributed by atoms with van der Waals surface area (Å²) in [6.45, 7) is 1.00. The van der Waals surface area contributed by atoms with E-state index in [-0.39, 0.29) is 11.1 Å². The Morgan fingerprint density at radius 3 is 2.54 bits per heavy atom. The van der Waals surface area contributed by atoms with Crippen LogP contribution in [0.3, 0.4) is 0 Å². The minimum absolute atomic E-state index is 0.200. The van der Waals surface area contributed by atoms with E-state index in [2.05, 4.69) is 10.3 Å². The van der Waals surface area contributed by atoms with E-state index >= 15 is 0 Å². The zero-order valence-electron chi connectivity index (χ0n) is 13.8. The molecule has 3 aromatic rings. The van der Waals surface area contributed by atoms with Crippen LogP contribution in [0.25, 0.3) is 10.2 Å². The molecule has 7 nitrogen and oxygen atoms in total. The summed E-state index contributed by atoms with van der Waals surface area (Å²) >= 11 is 1.32. The molecule has 2 heterocycles. The van der Waals surface area contributed by atoms with Gasteiger partial charge in [0.2, 0.25) is 0 Å². The van der Waals surface area contributed by atoms with E-state index in [4.69, 9.17) is 14.2 Å². The van der Waals surface area contributed by atoms with Gasteiger partial charge in [-0.15, -0.1) is 0 Å². The average molecular weight is 370 g/mol. The number of ether oxygens (including phenoxy) is 3. The van der Waals surface area contributed by atoms with Gasteiger partial charge in [-0.25, -0.2) is 9.78 Å². The Bertz CT molecular complexity index is 971. The van der Waals surface area contributed by atoms with Crippen molar-refractivity contribution in [3.63, 3.8) is 0 Å². The highest BCUT2D eigenvalue weighted by Crippen LogP contribution is 2.37. The molecule has 0 atom stereocenters. The molecule has 1 N–H and O–H groups in total. The minimum atomic E-state index is -0.568. The van der Waals surface area contributed by atoms with Crippen LogP contribution in [0, 0.1) is 0 Å². The van der Waals surface area contributed by atoms with Gasteiger partial charge < -0.3 is 14.2 Å². The van der Waals surface area contributed by atoms with E-state index in [9.17, 15) is 9.59 Å². The van der Waals surface area contributed by atoms with Gasteiger partial charge in [0.15, 0.2) is 16.6 Å². The number of rotatable bonds is 3. The van der Waals surface area contributed by atoms with Crippen molar-refractivity contribution in [3.05, 3.63) is 47.5 Å². The maximum atomic E-state index is 12.6. The normalized spacial score (nSPS) is 12.7. The first-order valence-corrected chi connectivity index (χ1v) is 8.66. The Morgan fingerprint density at radius 2 is 1.81 bits per heavy atom. The fraction of sp³-hybridized carbons (Fsp3) is 0.167. The van der Waals surface area contributed by atoms with Crippen LogP contribution in [0.4, 0.5) is 5.13 Å². The third kappa shape index (κ3) is 2.95. The van der Waals surface area contributed by atoms with E-state index < -0.39 is 11.9 Å². The Hall–Kier alpha value is -3.13.